The Labute approximate surface area is 172 Å². The molecule has 0 heterocycles. The van der Waals surface area contributed by atoms with E-state index in [2.05, 4.69) is 75.8 Å². The summed E-state index contributed by atoms with van der Waals surface area (Å²) in [6.45, 7) is 2.06. The lowest BCUT2D eigenvalue weighted by molar-refractivity contribution is -0.119. The molecule has 0 aliphatic heterocycles. The minimum absolute atomic E-state index is 0.141. The number of hydrogen-bond acceptors (Lipinski definition) is 3. The Kier molecular flexibility index (Phi) is 8.12. The summed E-state index contributed by atoms with van der Waals surface area (Å²) in [5, 5.41) is 7.24. The number of aryl methyl sites for hydroxylation is 1. The number of nitrogens with zero attached hydrogens (tertiary/aromatic N) is 1. The van der Waals surface area contributed by atoms with E-state index in [0.29, 0.717) is 0 Å². The van der Waals surface area contributed by atoms with Crippen molar-refractivity contribution in [1.29, 1.82) is 0 Å². The molecule has 0 fully saturated rings. The topological polar surface area (TPSA) is 53.5 Å². The fourth-order valence-corrected chi connectivity index (χ4v) is 3.53. The van der Waals surface area contributed by atoms with E-state index in [1.165, 1.54) is 5.56 Å². The first kappa shape index (κ1) is 20.1. The number of hydrazone groups is 1. The molecule has 0 aliphatic carbocycles. The summed E-state index contributed by atoms with van der Waals surface area (Å²) in [4.78, 5) is 11.9. The highest BCUT2D eigenvalue weighted by Crippen LogP contribution is 2.32. The van der Waals surface area contributed by atoms with Gasteiger partial charge in [-0.2, -0.15) is 5.10 Å². The second kappa shape index (κ2) is 10.1. The van der Waals surface area contributed by atoms with Crippen molar-refractivity contribution in [3.8, 4) is 0 Å². The molecular weight excluding hydrogens is 514 g/mol. The maximum atomic E-state index is 11.9. The molecule has 2 aromatic carbocycles. The Hall–Kier alpha value is -1.18. The van der Waals surface area contributed by atoms with Crippen molar-refractivity contribution in [1.82, 2.24) is 5.43 Å². The molecule has 0 radical (unpaired) electrons. The van der Waals surface area contributed by atoms with E-state index in [0.717, 1.165) is 37.7 Å². The van der Waals surface area contributed by atoms with Crippen molar-refractivity contribution in [2.75, 3.05) is 11.9 Å². The van der Waals surface area contributed by atoms with Crippen molar-refractivity contribution in [3.05, 3.63) is 61.4 Å². The number of carbonyl (C=O) groups is 1. The second-order valence-electron chi connectivity index (χ2n) is 5.47. The number of rotatable bonds is 7. The molecule has 4 nitrogen and oxygen atoms in total. The molecule has 132 valence electrons. The van der Waals surface area contributed by atoms with Crippen LogP contribution in [0.4, 0.5) is 5.69 Å². The smallest absolute Gasteiger partial charge is 0.259 e. The van der Waals surface area contributed by atoms with Crippen LogP contribution in [0.1, 0.15) is 18.9 Å². The molecule has 2 aromatic rings. The van der Waals surface area contributed by atoms with Crippen LogP contribution in [0, 0.1) is 0 Å². The van der Waals surface area contributed by atoms with Gasteiger partial charge in [0.1, 0.15) is 0 Å². The molecule has 0 unspecified atom stereocenters. The molecule has 2 rings (SSSR count). The summed E-state index contributed by atoms with van der Waals surface area (Å²) in [5.41, 5.74) is 5.57. The van der Waals surface area contributed by atoms with Gasteiger partial charge in [-0.05, 0) is 85.3 Å². The van der Waals surface area contributed by atoms with Crippen molar-refractivity contribution in [2.45, 2.75) is 19.8 Å². The van der Waals surface area contributed by atoms with Gasteiger partial charge in [0.05, 0.1) is 12.2 Å². The highest BCUT2D eigenvalue weighted by atomic mass is 79.9. The zero-order chi connectivity index (χ0) is 18.2. The molecule has 0 atom stereocenters. The average Bonchev–Trinajstić information content (AvgIpc) is 2.61. The van der Waals surface area contributed by atoms with Crippen LogP contribution in [0.2, 0.25) is 0 Å². The van der Waals surface area contributed by atoms with Crippen molar-refractivity contribution < 1.29 is 4.79 Å². The molecule has 25 heavy (non-hydrogen) atoms. The largest absolute Gasteiger partial charge is 0.375 e. The SMILES string of the molecule is C/C(CCc1ccccc1)=N/NC(=O)CNc1cc(Br)c(Br)cc1Br. The number of halogens is 3. The Bertz CT molecular complexity index is 764. The van der Waals surface area contributed by atoms with Gasteiger partial charge in [0.15, 0.2) is 0 Å². The van der Waals surface area contributed by atoms with Crippen LogP contribution < -0.4 is 10.7 Å². The molecule has 0 saturated carbocycles. The first-order valence-electron chi connectivity index (χ1n) is 7.70. The number of carbonyl (C=O) groups excluding carboxylic acids is 1. The van der Waals surface area contributed by atoms with E-state index in [1.54, 1.807) is 0 Å². The number of amides is 1. The zero-order valence-corrected chi connectivity index (χ0v) is 18.4. The van der Waals surface area contributed by atoms with E-state index in [1.807, 2.05) is 37.3 Å². The third-order valence-electron chi connectivity index (χ3n) is 3.44. The van der Waals surface area contributed by atoms with Gasteiger partial charge in [0.2, 0.25) is 0 Å². The van der Waals surface area contributed by atoms with Crippen LogP contribution in [0.3, 0.4) is 0 Å². The monoisotopic (exact) mass is 529 g/mol. The number of anilines is 1. The molecule has 0 aromatic heterocycles. The maximum Gasteiger partial charge on any atom is 0.259 e. The Balaban J connectivity index is 1.79. The van der Waals surface area contributed by atoms with Crippen LogP contribution in [-0.2, 0) is 11.2 Å². The summed E-state index contributed by atoms with van der Waals surface area (Å²) in [5.74, 6) is -0.190. The third-order valence-corrected chi connectivity index (χ3v) is 5.94. The Morgan fingerprint density at radius 1 is 1.04 bits per heavy atom. The minimum atomic E-state index is -0.190. The van der Waals surface area contributed by atoms with Gasteiger partial charge in [-0.3, -0.25) is 4.79 Å². The zero-order valence-electron chi connectivity index (χ0n) is 13.7. The fourth-order valence-electron chi connectivity index (χ4n) is 2.06. The van der Waals surface area contributed by atoms with Gasteiger partial charge < -0.3 is 5.32 Å². The lowest BCUT2D eigenvalue weighted by Crippen LogP contribution is -2.26. The minimum Gasteiger partial charge on any atom is -0.375 e. The number of nitrogens with one attached hydrogen (secondary N) is 2. The van der Waals surface area contributed by atoms with Crippen LogP contribution >= 0.6 is 47.8 Å². The summed E-state index contributed by atoms with van der Waals surface area (Å²) in [6, 6.07) is 14.0. The summed E-state index contributed by atoms with van der Waals surface area (Å²) in [6.07, 6.45) is 1.72. The highest BCUT2D eigenvalue weighted by Gasteiger charge is 2.07. The standard InChI is InChI=1S/C18H18Br3N3O/c1-12(7-8-13-5-3-2-4-6-13)23-24-18(25)11-22-17-10-15(20)14(19)9-16(17)21/h2-6,9-10,22H,7-8,11H2,1H3,(H,24,25)/b23-12-. The van der Waals surface area contributed by atoms with E-state index >= 15 is 0 Å². The molecule has 0 spiro atoms. The van der Waals surface area contributed by atoms with Crippen LogP contribution in [-0.4, -0.2) is 18.2 Å². The number of benzene rings is 2. The molecule has 1 amide bonds. The van der Waals surface area contributed by atoms with Crippen LogP contribution in [0.25, 0.3) is 0 Å². The fraction of sp³-hybridized carbons (Fsp3) is 0.222. The van der Waals surface area contributed by atoms with Gasteiger partial charge in [0.25, 0.3) is 5.91 Å². The summed E-state index contributed by atoms with van der Waals surface area (Å²) < 4.78 is 2.72. The first-order chi connectivity index (χ1) is 12.0. The average molecular weight is 532 g/mol. The van der Waals surface area contributed by atoms with E-state index in [4.69, 9.17) is 0 Å². The first-order valence-corrected chi connectivity index (χ1v) is 10.1. The van der Waals surface area contributed by atoms with E-state index < -0.39 is 0 Å². The van der Waals surface area contributed by atoms with E-state index in [9.17, 15) is 4.79 Å². The van der Waals surface area contributed by atoms with Crippen LogP contribution in [0.15, 0.2) is 61.0 Å². The predicted octanol–water partition coefficient (Wildman–Crippen LogP) is 5.51. The lowest BCUT2D eigenvalue weighted by Gasteiger charge is -2.09. The van der Waals surface area contributed by atoms with Crippen LogP contribution in [0.5, 0.6) is 0 Å². The molecule has 0 aliphatic rings. The molecule has 0 bridgehead atoms. The third kappa shape index (κ3) is 6.92. The van der Waals surface area contributed by atoms with Gasteiger partial charge >= 0.3 is 0 Å². The van der Waals surface area contributed by atoms with Gasteiger partial charge in [0, 0.05) is 19.1 Å². The van der Waals surface area contributed by atoms with Crippen molar-refractivity contribution >= 4 is 65.1 Å². The van der Waals surface area contributed by atoms with Crippen molar-refractivity contribution in [3.63, 3.8) is 0 Å². The quantitative estimate of drug-likeness (QED) is 0.281. The molecule has 2 N–H and O–H groups in total. The summed E-state index contributed by atoms with van der Waals surface area (Å²) in [7, 11) is 0. The molecule has 0 saturated heterocycles. The summed E-state index contributed by atoms with van der Waals surface area (Å²) >= 11 is 10.3. The Morgan fingerprint density at radius 3 is 2.44 bits per heavy atom. The predicted molar refractivity (Wildman–Crippen MR) is 114 cm³/mol. The normalized spacial score (nSPS) is 11.3. The van der Waals surface area contributed by atoms with Gasteiger partial charge in [-0.1, -0.05) is 30.3 Å². The second-order valence-corrected chi connectivity index (χ2v) is 8.03. The van der Waals surface area contributed by atoms with E-state index in [-0.39, 0.29) is 12.5 Å². The van der Waals surface area contributed by atoms with Crippen molar-refractivity contribution in [2.24, 2.45) is 5.10 Å². The molecule has 7 heteroatoms. The van der Waals surface area contributed by atoms with Gasteiger partial charge in [-0.15, -0.1) is 0 Å². The molecular formula is C18H18Br3N3O. The lowest BCUT2D eigenvalue weighted by atomic mass is 10.1. The number of hydrogen-bond donors (Lipinski definition) is 2. The van der Waals surface area contributed by atoms with Gasteiger partial charge in [-0.25, -0.2) is 5.43 Å². The Morgan fingerprint density at radius 2 is 1.72 bits per heavy atom. The highest BCUT2D eigenvalue weighted by molar-refractivity contribution is 9.13. The maximum absolute atomic E-state index is 11.9.